The molecule has 0 N–H and O–H groups in total. The predicted molar refractivity (Wildman–Crippen MR) is 126 cm³/mol. The van der Waals surface area contributed by atoms with E-state index in [1.54, 1.807) is 17.0 Å². The molecule has 3 aromatic carbocycles. The smallest absolute Gasteiger partial charge is 0.269 e. The third kappa shape index (κ3) is 3.81. The van der Waals surface area contributed by atoms with E-state index in [-0.39, 0.29) is 29.1 Å². The first-order valence-corrected chi connectivity index (χ1v) is 12.1. The lowest BCUT2D eigenvalue weighted by molar-refractivity contribution is -0.384. The summed E-state index contributed by atoms with van der Waals surface area (Å²) in [4.78, 5) is 29.4. The van der Waals surface area contributed by atoms with E-state index >= 15 is 0 Å². The Morgan fingerprint density at radius 3 is 2.47 bits per heavy atom. The number of sulfonamides is 1. The second-order valence-electron chi connectivity index (χ2n) is 8.07. The van der Waals surface area contributed by atoms with Crippen molar-refractivity contribution in [3.05, 3.63) is 99.6 Å². The first kappa shape index (κ1) is 21.8. The largest absolute Gasteiger partial charge is 0.308 e. The molecule has 0 spiro atoms. The Labute approximate surface area is 196 Å². The highest BCUT2D eigenvalue weighted by Crippen LogP contribution is 2.33. The molecule has 3 aromatic rings. The molecule has 2 aliphatic rings. The average molecular weight is 477 g/mol. The standard InChI is InChI=1S/C24H20N4O5S/c29-24(18-6-8-20(9-7-18)28(30)31)27-13-12-19-14-21(10-11-23(19)27)34(32,33)26-15-22(25-16-26)17-4-2-1-3-5-17/h1-11,14,16,22H,12-13,15H2/t22-/m1/s1. The summed E-state index contributed by atoms with van der Waals surface area (Å²) < 4.78 is 27.7. The SMILES string of the molecule is O=C(c1ccc([N+](=O)[O-])cc1)N1CCc2cc(S(=O)(=O)N3C=N[C@@H](c4ccccc4)C3)ccc21. The van der Waals surface area contributed by atoms with E-state index in [0.29, 0.717) is 24.2 Å². The predicted octanol–water partition coefficient (Wildman–Crippen LogP) is 3.57. The fraction of sp³-hybridized carbons (Fsp3) is 0.167. The number of amides is 1. The quantitative estimate of drug-likeness (QED) is 0.413. The number of aliphatic imine (C=N–C) groups is 1. The van der Waals surface area contributed by atoms with Crippen LogP contribution >= 0.6 is 0 Å². The van der Waals surface area contributed by atoms with Crippen molar-refractivity contribution < 1.29 is 18.1 Å². The molecule has 9 nitrogen and oxygen atoms in total. The minimum absolute atomic E-state index is 0.0897. The summed E-state index contributed by atoms with van der Waals surface area (Å²) in [5, 5.41) is 10.8. The lowest BCUT2D eigenvalue weighted by Gasteiger charge is -2.19. The summed E-state index contributed by atoms with van der Waals surface area (Å²) in [6.07, 6.45) is 1.88. The topological polar surface area (TPSA) is 113 Å². The number of hydrogen-bond acceptors (Lipinski definition) is 6. The highest BCUT2D eigenvalue weighted by atomic mass is 32.2. The Bertz CT molecular complexity index is 1410. The van der Waals surface area contributed by atoms with Crippen LogP contribution in [0.4, 0.5) is 11.4 Å². The third-order valence-corrected chi connectivity index (χ3v) is 7.75. The summed E-state index contributed by atoms with van der Waals surface area (Å²) in [6.45, 7) is 0.629. The number of carbonyl (C=O) groups is 1. The summed E-state index contributed by atoms with van der Waals surface area (Å²) in [7, 11) is -3.79. The Balaban J connectivity index is 1.35. The van der Waals surface area contributed by atoms with Gasteiger partial charge in [0, 0.05) is 29.9 Å². The van der Waals surface area contributed by atoms with Crippen LogP contribution in [0, 0.1) is 10.1 Å². The molecule has 1 amide bonds. The normalized spacial score (nSPS) is 17.1. The lowest BCUT2D eigenvalue weighted by Crippen LogP contribution is -2.29. The summed E-state index contributed by atoms with van der Waals surface area (Å²) in [5.74, 6) is -0.290. The zero-order valence-electron chi connectivity index (χ0n) is 17.9. The van der Waals surface area contributed by atoms with Gasteiger partial charge in [0.15, 0.2) is 0 Å². The lowest BCUT2D eigenvalue weighted by atomic mass is 10.1. The number of benzene rings is 3. The maximum Gasteiger partial charge on any atom is 0.269 e. The van der Waals surface area contributed by atoms with Gasteiger partial charge in [0.05, 0.1) is 22.4 Å². The van der Waals surface area contributed by atoms with Gasteiger partial charge in [-0.1, -0.05) is 30.3 Å². The zero-order chi connectivity index (χ0) is 23.9. The number of anilines is 1. The van der Waals surface area contributed by atoms with E-state index in [1.165, 1.54) is 41.0 Å². The van der Waals surface area contributed by atoms with E-state index in [1.807, 2.05) is 30.3 Å². The maximum absolute atomic E-state index is 13.2. The van der Waals surface area contributed by atoms with Crippen LogP contribution in [-0.2, 0) is 16.4 Å². The average Bonchev–Trinajstić information content (AvgIpc) is 3.52. The molecular weight excluding hydrogens is 456 g/mol. The van der Waals surface area contributed by atoms with E-state index in [9.17, 15) is 23.3 Å². The Morgan fingerprint density at radius 1 is 1.03 bits per heavy atom. The fourth-order valence-electron chi connectivity index (χ4n) is 4.21. The van der Waals surface area contributed by atoms with E-state index in [4.69, 9.17) is 0 Å². The van der Waals surface area contributed by atoms with Crippen molar-refractivity contribution in [3.63, 3.8) is 0 Å². The Hall–Kier alpha value is -4.05. The van der Waals surface area contributed by atoms with Crippen LogP contribution in [0.2, 0.25) is 0 Å². The number of carbonyl (C=O) groups excluding carboxylic acids is 1. The van der Waals surface area contributed by atoms with Crippen LogP contribution < -0.4 is 4.90 Å². The fourth-order valence-corrected chi connectivity index (χ4v) is 5.53. The molecule has 5 rings (SSSR count). The van der Waals surface area contributed by atoms with E-state index in [2.05, 4.69) is 4.99 Å². The molecule has 0 unspecified atom stereocenters. The monoisotopic (exact) mass is 476 g/mol. The van der Waals surface area contributed by atoms with Gasteiger partial charge in [0.25, 0.3) is 21.6 Å². The highest BCUT2D eigenvalue weighted by molar-refractivity contribution is 7.89. The van der Waals surface area contributed by atoms with Gasteiger partial charge in [-0.2, -0.15) is 0 Å². The number of nitro benzene ring substituents is 1. The molecule has 0 bridgehead atoms. The van der Waals surface area contributed by atoms with Crippen LogP contribution in [0.25, 0.3) is 0 Å². The number of hydrogen-bond donors (Lipinski definition) is 0. The first-order chi connectivity index (χ1) is 16.3. The van der Waals surface area contributed by atoms with Gasteiger partial charge in [0.1, 0.15) is 6.34 Å². The molecule has 2 aliphatic heterocycles. The van der Waals surface area contributed by atoms with Gasteiger partial charge in [-0.05, 0) is 47.9 Å². The number of non-ortho nitro benzene ring substituents is 1. The van der Waals surface area contributed by atoms with Gasteiger partial charge in [0.2, 0.25) is 0 Å². The van der Waals surface area contributed by atoms with Gasteiger partial charge < -0.3 is 4.90 Å². The van der Waals surface area contributed by atoms with Crippen LogP contribution in [-0.4, -0.2) is 43.0 Å². The second kappa shape index (κ2) is 8.38. The maximum atomic E-state index is 13.2. The van der Waals surface area contributed by atoms with Gasteiger partial charge in [-0.3, -0.25) is 24.2 Å². The molecule has 0 radical (unpaired) electrons. The molecule has 1 atom stereocenters. The van der Waals surface area contributed by atoms with Crippen molar-refractivity contribution in [1.82, 2.24) is 4.31 Å². The number of rotatable bonds is 5. The molecule has 0 saturated heterocycles. The van der Waals surface area contributed by atoms with Crippen LogP contribution in [0.15, 0.2) is 82.7 Å². The number of nitro groups is 1. The second-order valence-corrected chi connectivity index (χ2v) is 9.96. The molecule has 0 saturated carbocycles. The minimum atomic E-state index is -3.79. The summed E-state index contributed by atoms with van der Waals surface area (Å²) in [6, 6.07) is 19.5. The van der Waals surface area contributed by atoms with Crippen molar-refractivity contribution >= 4 is 33.6 Å². The minimum Gasteiger partial charge on any atom is -0.308 e. The van der Waals surface area contributed by atoms with Crippen LogP contribution in [0.1, 0.15) is 27.5 Å². The molecule has 0 aliphatic carbocycles. The Kier molecular flexibility index (Phi) is 5.37. The third-order valence-electron chi connectivity index (χ3n) is 6.04. The molecule has 0 fully saturated rings. The van der Waals surface area contributed by atoms with Crippen molar-refractivity contribution in [3.8, 4) is 0 Å². The highest BCUT2D eigenvalue weighted by Gasteiger charge is 2.32. The van der Waals surface area contributed by atoms with E-state index in [0.717, 1.165) is 11.1 Å². The van der Waals surface area contributed by atoms with Crippen molar-refractivity contribution in [2.75, 3.05) is 18.0 Å². The van der Waals surface area contributed by atoms with E-state index < -0.39 is 14.9 Å². The van der Waals surface area contributed by atoms with Gasteiger partial charge in [-0.15, -0.1) is 0 Å². The number of fused-ring (bicyclic) bond motifs is 1. The molecule has 172 valence electrons. The summed E-state index contributed by atoms with van der Waals surface area (Å²) >= 11 is 0. The molecule has 34 heavy (non-hydrogen) atoms. The van der Waals surface area contributed by atoms with Crippen molar-refractivity contribution in [1.29, 1.82) is 0 Å². The van der Waals surface area contributed by atoms with Crippen molar-refractivity contribution in [2.24, 2.45) is 4.99 Å². The Morgan fingerprint density at radius 2 is 1.76 bits per heavy atom. The molecular formula is C24H20N4O5S. The van der Waals surface area contributed by atoms with Gasteiger partial charge >= 0.3 is 0 Å². The molecule has 10 heteroatoms. The first-order valence-electron chi connectivity index (χ1n) is 10.6. The van der Waals surface area contributed by atoms with Crippen molar-refractivity contribution in [2.45, 2.75) is 17.4 Å². The number of nitrogens with zero attached hydrogens (tertiary/aromatic N) is 4. The van der Waals surface area contributed by atoms with Crippen LogP contribution in [0.3, 0.4) is 0 Å². The summed E-state index contributed by atoms with van der Waals surface area (Å²) in [5.41, 5.74) is 2.58. The zero-order valence-corrected chi connectivity index (χ0v) is 18.8. The molecule has 0 aromatic heterocycles. The molecule has 2 heterocycles. The van der Waals surface area contributed by atoms with Gasteiger partial charge in [-0.25, -0.2) is 8.42 Å². The van der Waals surface area contributed by atoms with Crippen LogP contribution in [0.5, 0.6) is 0 Å².